The maximum absolute atomic E-state index is 5.45. The Labute approximate surface area is 77.5 Å². The summed E-state index contributed by atoms with van der Waals surface area (Å²) in [6, 6.07) is 1.61. The minimum Gasteiger partial charge on any atom is -0.476 e. The third-order valence-corrected chi connectivity index (χ3v) is 1.45. The average molecular weight is 182 g/mol. The number of aromatic nitrogens is 2. The van der Waals surface area contributed by atoms with E-state index in [9.17, 15) is 0 Å². The molecule has 5 nitrogen and oxygen atoms in total. The number of nitrogen functional groups attached to an aromatic ring is 1. The van der Waals surface area contributed by atoms with Crippen LogP contribution in [0.1, 0.15) is 0 Å². The van der Waals surface area contributed by atoms with Crippen LogP contribution in [0.15, 0.2) is 12.4 Å². The highest BCUT2D eigenvalue weighted by Gasteiger charge is 1.96. The Morgan fingerprint density at radius 2 is 2.23 bits per heavy atom. The van der Waals surface area contributed by atoms with Crippen molar-refractivity contribution in [1.29, 1.82) is 0 Å². The average Bonchev–Trinajstić information content (AvgIpc) is 2.03. The quantitative estimate of drug-likeness (QED) is 0.710. The second-order valence-corrected chi connectivity index (χ2v) is 2.93. The molecule has 0 aliphatic heterocycles. The number of anilines is 1. The summed E-state index contributed by atoms with van der Waals surface area (Å²) >= 11 is 0. The molecule has 0 saturated heterocycles. The predicted octanol–water partition coefficient (Wildman–Crippen LogP) is -0.000800. The summed E-state index contributed by atoms with van der Waals surface area (Å²) in [5.41, 5.74) is 5.45. The van der Waals surface area contributed by atoms with Crippen LogP contribution in [0.4, 0.5) is 5.82 Å². The van der Waals surface area contributed by atoms with Crippen molar-refractivity contribution in [3.63, 3.8) is 0 Å². The van der Waals surface area contributed by atoms with Crippen LogP contribution in [0.25, 0.3) is 0 Å². The molecule has 0 saturated carbocycles. The molecule has 1 rings (SSSR count). The first-order valence-electron chi connectivity index (χ1n) is 4.03. The minimum absolute atomic E-state index is 0.426. The van der Waals surface area contributed by atoms with Crippen molar-refractivity contribution >= 4 is 5.82 Å². The van der Waals surface area contributed by atoms with E-state index in [1.807, 2.05) is 19.0 Å². The summed E-state index contributed by atoms with van der Waals surface area (Å²) in [7, 11) is 3.97. The smallest absolute Gasteiger partial charge is 0.218 e. The predicted molar refractivity (Wildman–Crippen MR) is 50.5 cm³/mol. The van der Waals surface area contributed by atoms with Gasteiger partial charge in [-0.25, -0.2) is 9.97 Å². The number of hydrogen-bond acceptors (Lipinski definition) is 5. The number of nitrogens with two attached hydrogens (primary N) is 1. The van der Waals surface area contributed by atoms with Gasteiger partial charge >= 0.3 is 0 Å². The first kappa shape index (κ1) is 9.73. The van der Waals surface area contributed by atoms with Crippen molar-refractivity contribution < 1.29 is 4.74 Å². The van der Waals surface area contributed by atoms with Gasteiger partial charge in [0.25, 0.3) is 0 Å². The fourth-order valence-corrected chi connectivity index (χ4v) is 0.765. The highest BCUT2D eigenvalue weighted by Crippen LogP contribution is 2.06. The van der Waals surface area contributed by atoms with E-state index in [1.54, 1.807) is 6.07 Å². The van der Waals surface area contributed by atoms with E-state index < -0.39 is 0 Å². The number of nitrogens with zero attached hydrogens (tertiary/aromatic N) is 3. The molecule has 1 aromatic rings. The van der Waals surface area contributed by atoms with Gasteiger partial charge in [-0.2, -0.15) is 0 Å². The van der Waals surface area contributed by atoms with Crippen molar-refractivity contribution in [2.24, 2.45) is 0 Å². The van der Waals surface area contributed by atoms with Gasteiger partial charge in [-0.05, 0) is 14.1 Å². The summed E-state index contributed by atoms with van der Waals surface area (Å²) in [5.74, 6) is 0.948. The Bertz CT molecular complexity index is 264. The topological polar surface area (TPSA) is 64.3 Å². The second-order valence-electron chi connectivity index (χ2n) is 2.93. The van der Waals surface area contributed by atoms with Crippen molar-refractivity contribution in [3.8, 4) is 5.88 Å². The first-order chi connectivity index (χ1) is 6.18. The van der Waals surface area contributed by atoms with Gasteiger partial charge in [-0.3, -0.25) is 0 Å². The Balaban J connectivity index is 2.37. The van der Waals surface area contributed by atoms with Crippen LogP contribution in [0, 0.1) is 0 Å². The molecular formula is C8H14N4O. The van der Waals surface area contributed by atoms with Crippen molar-refractivity contribution in [1.82, 2.24) is 14.9 Å². The molecule has 2 N–H and O–H groups in total. The third-order valence-electron chi connectivity index (χ3n) is 1.45. The lowest BCUT2D eigenvalue weighted by Crippen LogP contribution is -2.19. The monoisotopic (exact) mass is 182 g/mol. The molecule has 0 radical (unpaired) electrons. The van der Waals surface area contributed by atoms with Gasteiger partial charge in [-0.15, -0.1) is 0 Å². The van der Waals surface area contributed by atoms with Crippen LogP contribution < -0.4 is 10.5 Å². The maximum atomic E-state index is 5.45. The lowest BCUT2D eigenvalue weighted by molar-refractivity contribution is 0.253. The van der Waals surface area contributed by atoms with Crippen LogP contribution in [0.2, 0.25) is 0 Å². The number of rotatable bonds is 4. The molecule has 0 bridgehead atoms. The second kappa shape index (κ2) is 4.61. The largest absolute Gasteiger partial charge is 0.476 e. The van der Waals surface area contributed by atoms with Crippen molar-refractivity contribution in [2.75, 3.05) is 33.0 Å². The molecule has 0 aliphatic carbocycles. The van der Waals surface area contributed by atoms with Crippen LogP contribution in [-0.2, 0) is 0 Å². The SMILES string of the molecule is CN(C)CCOc1cc(N)ncn1. The zero-order chi connectivity index (χ0) is 9.68. The molecule has 0 aromatic carbocycles. The van der Waals surface area contributed by atoms with E-state index in [4.69, 9.17) is 10.5 Å². The Kier molecular flexibility index (Phi) is 3.45. The number of ether oxygens (including phenoxy) is 1. The fourth-order valence-electron chi connectivity index (χ4n) is 0.765. The molecule has 5 heteroatoms. The molecule has 0 aliphatic rings. The van der Waals surface area contributed by atoms with Crippen LogP contribution in [0.5, 0.6) is 5.88 Å². The lowest BCUT2D eigenvalue weighted by Gasteiger charge is -2.09. The van der Waals surface area contributed by atoms with Crippen molar-refractivity contribution in [3.05, 3.63) is 12.4 Å². The molecule has 1 aromatic heterocycles. The Morgan fingerprint density at radius 1 is 1.46 bits per heavy atom. The molecule has 0 atom stereocenters. The fraction of sp³-hybridized carbons (Fsp3) is 0.500. The molecule has 0 amide bonds. The van der Waals surface area contributed by atoms with Gasteiger partial charge in [0.2, 0.25) is 5.88 Å². The third kappa shape index (κ3) is 3.71. The lowest BCUT2D eigenvalue weighted by atomic mass is 10.5. The van der Waals surface area contributed by atoms with Gasteiger partial charge in [0.1, 0.15) is 18.8 Å². The number of likely N-dealkylation sites (N-methyl/N-ethyl adjacent to an activating group) is 1. The van der Waals surface area contributed by atoms with E-state index in [-0.39, 0.29) is 0 Å². The van der Waals surface area contributed by atoms with Gasteiger partial charge < -0.3 is 15.4 Å². The molecule has 13 heavy (non-hydrogen) atoms. The maximum Gasteiger partial charge on any atom is 0.218 e. The molecule has 0 unspecified atom stereocenters. The van der Waals surface area contributed by atoms with Gasteiger partial charge in [0.05, 0.1) is 0 Å². The summed E-state index contributed by atoms with van der Waals surface area (Å²) < 4.78 is 5.32. The summed E-state index contributed by atoms with van der Waals surface area (Å²) in [5, 5.41) is 0. The van der Waals surface area contributed by atoms with Gasteiger partial charge in [-0.1, -0.05) is 0 Å². The van der Waals surface area contributed by atoms with Crippen molar-refractivity contribution in [2.45, 2.75) is 0 Å². The van der Waals surface area contributed by atoms with E-state index in [0.717, 1.165) is 6.54 Å². The number of hydrogen-bond donors (Lipinski definition) is 1. The summed E-state index contributed by atoms with van der Waals surface area (Å²) in [6.07, 6.45) is 1.39. The highest BCUT2D eigenvalue weighted by molar-refractivity contribution is 5.30. The van der Waals surface area contributed by atoms with Crippen LogP contribution in [-0.4, -0.2) is 42.1 Å². The van der Waals surface area contributed by atoms with Crippen LogP contribution >= 0.6 is 0 Å². The normalized spacial score (nSPS) is 10.4. The molecule has 72 valence electrons. The van der Waals surface area contributed by atoms with Gasteiger partial charge in [0, 0.05) is 12.6 Å². The highest BCUT2D eigenvalue weighted by atomic mass is 16.5. The molecule has 0 fully saturated rings. The van der Waals surface area contributed by atoms with E-state index in [2.05, 4.69) is 9.97 Å². The summed E-state index contributed by atoms with van der Waals surface area (Å²) in [6.45, 7) is 1.45. The molecule has 0 spiro atoms. The molecule has 1 heterocycles. The van der Waals surface area contributed by atoms with E-state index in [0.29, 0.717) is 18.3 Å². The standard InChI is InChI=1S/C8H14N4O/c1-12(2)3-4-13-8-5-7(9)10-6-11-8/h5-6H,3-4H2,1-2H3,(H2,9,10,11). The Hall–Kier alpha value is -1.36. The Morgan fingerprint density at radius 3 is 2.85 bits per heavy atom. The zero-order valence-electron chi connectivity index (χ0n) is 7.90. The summed E-state index contributed by atoms with van der Waals surface area (Å²) in [4.78, 5) is 9.70. The van der Waals surface area contributed by atoms with E-state index in [1.165, 1.54) is 6.33 Å². The zero-order valence-corrected chi connectivity index (χ0v) is 7.90. The minimum atomic E-state index is 0.426. The first-order valence-corrected chi connectivity index (χ1v) is 4.03. The van der Waals surface area contributed by atoms with Gasteiger partial charge in [0.15, 0.2) is 0 Å². The van der Waals surface area contributed by atoms with E-state index >= 15 is 0 Å². The van der Waals surface area contributed by atoms with Crippen LogP contribution in [0.3, 0.4) is 0 Å². The molecular weight excluding hydrogens is 168 g/mol.